The second kappa shape index (κ2) is 8.98. The third kappa shape index (κ3) is 3.50. The second-order valence-corrected chi connectivity index (χ2v) is 9.56. The molecule has 172 valence electrons. The monoisotopic (exact) mass is 477 g/mol. The lowest BCUT2D eigenvalue weighted by Crippen LogP contribution is -2.37. The van der Waals surface area contributed by atoms with Crippen LogP contribution in [0.15, 0.2) is 83.9 Å². The molecule has 3 aromatic rings. The minimum Gasteiger partial charge on any atom is -0.497 e. The Hall–Kier alpha value is -4.00. The van der Waals surface area contributed by atoms with Crippen LogP contribution in [0.3, 0.4) is 0 Å². The summed E-state index contributed by atoms with van der Waals surface area (Å²) < 4.78 is 5.26. The van der Waals surface area contributed by atoms with E-state index in [2.05, 4.69) is 12.1 Å². The first-order valence-electron chi connectivity index (χ1n) is 11.3. The number of Topliss-reactive ketones (excluding diaryl/α,β-unsaturated/α-hetero) is 1. The van der Waals surface area contributed by atoms with Crippen LogP contribution in [-0.4, -0.2) is 30.1 Å². The minimum atomic E-state index is -1.46. The molecule has 2 heterocycles. The van der Waals surface area contributed by atoms with Gasteiger partial charge in [0.25, 0.3) is 0 Å². The number of hydrogen-bond acceptors (Lipinski definition) is 6. The van der Waals surface area contributed by atoms with Crippen LogP contribution in [0, 0.1) is 28.1 Å². The first kappa shape index (κ1) is 22.8. The zero-order valence-electron chi connectivity index (χ0n) is 19.4. The van der Waals surface area contributed by atoms with Crippen molar-refractivity contribution in [3.8, 4) is 17.9 Å². The van der Waals surface area contributed by atoms with Crippen molar-refractivity contribution < 1.29 is 9.53 Å². The fourth-order valence-electron chi connectivity index (χ4n) is 5.41. The summed E-state index contributed by atoms with van der Waals surface area (Å²) in [5.74, 6) is -0.123. The zero-order valence-corrected chi connectivity index (χ0v) is 20.2. The van der Waals surface area contributed by atoms with Gasteiger partial charge in [-0.05, 0) is 65.4 Å². The van der Waals surface area contributed by atoms with Crippen LogP contribution in [-0.2, 0) is 0 Å². The highest BCUT2D eigenvalue weighted by Crippen LogP contribution is 2.60. The quantitative estimate of drug-likeness (QED) is 0.340. The van der Waals surface area contributed by atoms with Gasteiger partial charge in [0, 0.05) is 22.6 Å². The molecule has 2 aliphatic heterocycles. The van der Waals surface area contributed by atoms with Crippen LogP contribution in [0.2, 0.25) is 0 Å². The van der Waals surface area contributed by atoms with Gasteiger partial charge in [-0.15, -0.1) is 11.8 Å². The van der Waals surface area contributed by atoms with E-state index >= 15 is 0 Å². The Morgan fingerprint density at radius 1 is 1.00 bits per heavy atom. The first-order chi connectivity index (χ1) is 17.1. The lowest BCUT2D eigenvalue weighted by atomic mass is 9.67. The number of methoxy groups -OCH3 is 1. The van der Waals surface area contributed by atoms with E-state index in [1.807, 2.05) is 72.0 Å². The summed E-state index contributed by atoms with van der Waals surface area (Å²) in [4.78, 5) is 17.1. The standard InChI is InChI=1S/C29H23N3O2S/c1-34-22-11-7-21(8-12-22)27(33)26-25(20-9-13-23(35-2)14-10-20)29(17-30,18-31)28-24-6-4-3-5-19(24)15-16-32(26)28/h3-16,25-26,28H,1-2H3/t25?,26-,28+/m1/s1. The lowest BCUT2D eigenvalue weighted by Gasteiger charge is -2.34. The molecule has 0 saturated carbocycles. The molecule has 0 spiro atoms. The molecule has 0 N–H and O–H groups in total. The summed E-state index contributed by atoms with van der Waals surface area (Å²) >= 11 is 1.62. The van der Waals surface area contributed by atoms with Crippen LogP contribution in [0.25, 0.3) is 6.08 Å². The fraction of sp³-hybridized carbons (Fsp3) is 0.207. The van der Waals surface area contributed by atoms with E-state index in [1.165, 1.54) is 0 Å². The lowest BCUT2D eigenvalue weighted by molar-refractivity contribution is 0.0874. The maximum absolute atomic E-state index is 14.1. The van der Waals surface area contributed by atoms with Gasteiger partial charge in [0.05, 0.1) is 25.3 Å². The molecule has 1 saturated heterocycles. The molecular weight excluding hydrogens is 454 g/mol. The summed E-state index contributed by atoms with van der Waals surface area (Å²) in [5, 5.41) is 21.2. The fourth-order valence-corrected chi connectivity index (χ4v) is 5.81. The number of fused-ring (bicyclic) bond motifs is 3. The van der Waals surface area contributed by atoms with Crippen molar-refractivity contribution in [2.24, 2.45) is 5.41 Å². The maximum Gasteiger partial charge on any atom is 0.185 e. The van der Waals surface area contributed by atoms with Crippen LogP contribution in [0.5, 0.6) is 5.75 Å². The molecular formula is C29H23N3O2S. The van der Waals surface area contributed by atoms with Gasteiger partial charge in [0.1, 0.15) is 11.8 Å². The van der Waals surface area contributed by atoms with E-state index in [-0.39, 0.29) is 5.78 Å². The summed E-state index contributed by atoms with van der Waals surface area (Å²) in [6.07, 6.45) is 5.83. The van der Waals surface area contributed by atoms with E-state index < -0.39 is 23.4 Å². The highest BCUT2D eigenvalue weighted by Gasteiger charge is 2.63. The molecule has 5 nitrogen and oxygen atoms in total. The largest absolute Gasteiger partial charge is 0.497 e. The molecule has 0 aromatic heterocycles. The smallest absolute Gasteiger partial charge is 0.185 e. The Morgan fingerprint density at radius 2 is 1.69 bits per heavy atom. The van der Waals surface area contributed by atoms with Crippen molar-refractivity contribution in [1.29, 1.82) is 10.5 Å². The maximum atomic E-state index is 14.1. The number of rotatable bonds is 5. The predicted molar refractivity (Wildman–Crippen MR) is 136 cm³/mol. The van der Waals surface area contributed by atoms with Crippen molar-refractivity contribution in [3.63, 3.8) is 0 Å². The van der Waals surface area contributed by atoms with Gasteiger partial charge < -0.3 is 9.64 Å². The predicted octanol–water partition coefficient (Wildman–Crippen LogP) is 5.83. The number of benzene rings is 3. The minimum absolute atomic E-state index is 0.131. The number of ether oxygens (including phenoxy) is 1. The molecule has 3 atom stereocenters. The first-order valence-corrected chi connectivity index (χ1v) is 12.5. The van der Waals surface area contributed by atoms with Gasteiger partial charge in [-0.25, -0.2) is 0 Å². The Balaban J connectivity index is 1.73. The molecule has 0 aliphatic carbocycles. The van der Waals surface area contributed by atoms with Gasteiger partial charge in [0.2, 0.25) is 0 Å². The molecule has 0 amide bonds. The number of nitrogens with zero attached hydrogens (tertiary/aromatic N) is 3. The molecule has 6 heteroatoms. The van der Waals surface area contributed by atoms with Crippen molar-refractivity contribution >= 4 is 23.6 Å². The van der Waals surface area contributed by atoms with E-state index in [0.717, 1.165) is 21.6 Å². The van der Waals surface area contributed by atoms with Crippen molar-refractivity contribution in [3.05, 3.63) is 101 Å². The van der Waals surface area contributed by atoms with E-state index in [9.17, 15) is 15.3 Å². The topological polar surface area (TPSA) is 77.1 Å². The number of thioether (sulfide) groups is 1. The van der Waals surface area contributed by atoms with E-state index in [1.54, 1.807) is 43.1 Å². The van der Waals surface area contributed by atoms with Gasteiger partial charge in [-0.1, -0.05) is 36.4 Å². The van der Waals surface area contributed by atoms with Gasteiger partial charge in [-0.3, -0.25) is 4.79 Å². The van der Waals surface area contributed by atoms with Crippen LogP contribution < -0.4 is 4.74 Å². The van der Waals surface area contributed by atoms with Crippen molar-refractivity contribution in [1.82, 2.24) is 4.90 Å². The summed E-state index contributed by atoms with van der Waals surface area (Å²) in [7, 11) is 1.58. The Morgan fingerprint density at radius 3 is 2.31 bits per heavy atom. The van der Waals surface area contributed by atoms with Crippen LogP contribution >= 0.6 is 11.8 Å². The summed E-state index contributed by atoms with van der Waals surface area (Å²) in [6.45, 7) is 0. The molecule has 0 bridgehead atoms. The number of hydrogen-bond donors (Lipinski definition) is 0. The van der Waals surface area contributed by atoms with Crippen molar-refractivity contribution in [2.75, 3.05) is 13.4 Å². The Bertz CT molecular complexity index is 1370. The normalized spacial score (nSPS) is 21.4. The van der Waals surface area contributed by atoms with Gasteiger partial charge >= 0.3 is 0 Å². The van der Waals surface area contributed by atoms with Gasteiger partial charge in [0.15, 0.2) is 11.2 Å². The molecule has 1 fully saturated rings. The third-order valence-electron chi connectivity index (χ3n) is 7.06. The number of ketones is 1. The molecule has 0 radical (unpaired) electrons. The molecule has 2 aliphatic rings. The average Bonchev–Trinajstić information content (AvgIpc) is 3.23. The van der Waals surface area contributed by atoms with E-state index in [4.69, 9.17) is 4.74 Å². The third-order valence-corrected chi connectivity index (χ3v) is 7.81. The number of carbonyl (C=O) groups is 1. The Labute approximate surface area is 209 Å². The summed E-state index contributed by atoms with van der Waals surface area (Å²) in [6, 6.07) is 26.1. The molecule has 35 heavy (non-hydrogen) atoms. The van der Waals surface area contributed by atoms with Gasteiger partial charge in [-0.2, -0.15) is 10.5 Å². The second-order valence-electron chi connectivity index (χ2n) is 8.68. The molecule has 1 unspecified atom stereocenters. The number of carbonyl (C=O) groups excluding carboxylic acids is 1. The molecule has 3 aromatic carbocycles. The van der Waals surface area contributed by atoms with Crippen LogP contribution in [0.1, 0.15) is 39.0 Å². The highest BCUT2D eigenvalue weighted by atomic mass is 32.2. The number of nitriles is 2. The SMILES string of the molecule is COc1ccc(C(=O)[C@H]2C(c3ccc(SC)cc3)C(C#N)(C#N)[C@@H]3c4ccccc4C=CN32)cc1. The molecule has 5 rings (SSSR count). The Kier molecular flexibility index (Phi) is 5.84. The summed E-state index contributed by atoms with van der Waals surface area (Å²) in [5.41, 5.74) is 1.69. The van der Waals surface area contributed by atoms with Crippen LogP contribution in [0.4, 0.5) is 0 Å². The average molecular weight is 478 g/mol. The van der Waals surface area contributed by atoms with E-state index in [0.29, 0.717) is 11.3 Å². The zero-order chi connectivity index (χ0) is 24.6. The van der Waals surface area contributed by atoms with Crippen molar-refractivity contribution in [2.45, 2.75) is 22.9 Å². The highest BCUT2D eigenvalue weighted by molar-refractivity contribution is 7.98.